The van der Waals surface area contributed by atoms with Crippen molar-refractivity contribution in [3.05, 3.63) is 23.8 Å². The van der Waals surface area contributed by atoms with E-state index in [1.165, 1.54) is 6.42 Å². The van der Waals surface area contributed by atoms with Gasteiger partial charge in [0.1, 0.15) is 18.4 Å². The van der Waals surface area contributed by atoms with Gasteiger partial charge in [-0.3, -0.25) is 0 Å². The molecule has 0 radical (unpaired) electrons. The molecule has 0 aromatic heterocycles. The van der Waals surface area contributed by atoms with Gasteiger partial charge in [-0.25, -0.2) is 0 Å². The molecule has 1 aromatic rings. The van der Waals surface area contributed by atoms with E-state index in [2.05, 4.69) is 11.4 Å². The van der Waals surface area contributed by atoms with Crippen LogP contribution in [-0.4, -0.2) is 37.5 Å². The Hall–Kier alpha value is -1.55. The van der Waals surface area contributed by atoms with Crippen LogP contribution in [0.15, 0.2) is 18.2 Å². The molecule has 2 aliphatic rings. The van der Waals surface area contributed by atoms with Crippen LogP contribution in [0, 0.1) is 11.3 Å². The molecule has 6 heteroatoms. The number of ether oxygens (including phenoxy) is 1. The molecule has 1 atom stereocenters. The van der Waals surface area contributed by atoms with Gasteiger partial charge in [0.05, 0.1) is 16.8 Å². The Morgan fingerprint density at radius 1 is 1.29 bits per heavy atom. The van der Waals surface area contributed by atoms with Crippen LogP contribution in [0.4, 0.5) is 0 Å². The van der Waals surface area contributed by atoms with Crippen molar-refractivity contribution in [2.24, 2.45) is 0 Å². The SMILES string of the molecule is CC1(C)OB(c2ccc(OC[C@@H]3CCCN3)c(C#N)c2)OC1(C)C. The van der Waals surface area contributed by atoms with E-state index in [-0.39, 0.29) is 0 Å². The third-order valence-electron chi connectivity index (χ3n) is 5.25. The first kappa shape index (κ1) is 17.3. The second kappa shape index (κ2) is 6.40. The molecule has 3 rings (SSSR count). The molecule has 0 amide bonds. The van der Waals surface area contributed by atoms with Gasteiger partial charge >= 0.3 is 7.12 Å². The number of benzene rings is 1. The molecule has 0 saturated carbocycles. The quantitative estimate of drug-likeness (QED) is 0.857. The van der Waals surface area contributed by atoms with E-state index in [0.29, 0.717) is 24.0 Å². The van der Waals surface area contributed by atoms with Gasteiger partial charge in [0.25, 0.3) is 0 Å². The summed E-state index contributed by atoms with van der Waals surface area (Å²) in [5.41, 5.74) is 0.568. The lowest BCUT2D eigenvalue weighted by atomic mass is 9.78. The zero-order valence-corrected chi connectivity index (χ0v) is 14.9. The van der Waals surface area contributed by atoms with E-state index >= 15 is 0 Å². The highest BCUT2D eigenvalue weighted by Gasteiger charge is 2.51. The first-order chi connectivity index (χ1) is 11.3. The van der Waals surface area contributed by atoms with E-state index in [0.717, 1.165) is 18.4 Å². The predicted molar refractivity (Wildman–Crippen MR) is 93.4 cm³/mol. The van der Waals surface area contributed by atoms with E-state index in [1.54, 1.807) is 6.07 Å². The molecular formula is C18H25BN2O3. The van der Waals surface area contributed by atoms with Gasteiger partial charge in [-0.2, -0.15) is 5.26 Å². The molecule has 0 spiro atoms. The molecule has 2 fully saturated rings. The Kier molecular flexibility index (Phi) is 4.61. The summed E-state index contributed by atoms with van der Waals surface area (Å²) in [5.74, 6) is 0.617. The summed E-state index contributed by atoms with van der Waals surface area (Å²) in [4.78, 5) is 0. The average molecular weight is 328 g/mol. The lowest BCUT2D eigenvalue weighted by Crippen LogP contribution is -2.41. The lowest BCUT2D eigenvalue weighted by molar-refractivity contribution is 0.00578. The van der Waals surface area contributed by atoms with Crippen molar-refractivity contribution in [3.8, 4) is 11.8 Å². The second-order valence-electron chi connectivity index (χ2n) is 7.56. The van der Waals surface area contributed by atoms with Crippen LogP contribution in [0.3, 0.4) is 0 Å². The molecule has 1 aromatic carbocycles. The third kappa shape index (κ3) is 3.30. The Morgan fingerprint density at radius 3 is 2.58 bits per heavy atom. The van der Waals surface area contributed by atoms with Crippen molar-refractivity contribution < 1.29 is 14.0 Å². The number of nitrogens with one attached hydrogen (secondary N) is 1. The van der Waals surface area contributed by atoms with Gasteiger partial charge in [0.15, 0.2) is 0 Å². The van der Waals surface area contributed by atoms with Gasteiger partial charge in [-0.15, -0.1) is 0 Å². The summed E-state index contributed by atoms with van der Waals surface area (Å²) in [7, 11) is -0.465. The second-order valence-corrected chi connectivity index (χ2v) is 7.56. The Bertz CT molecular complexity index is 632. The highest BCUT2D eigenvalue weighted by molar-refractivity contribution is 6.62. The van der Waals surface area contributed by atoms with Gasteiger partial charge in [0, 0.05) is 6.04 Å². The van der Waals surface area contributed by atoms with E-state index in [1.807, 2.05) is 39.8 Å². The monoisotopic (exact) mass is 328 g/mol. The minimum atomic E-state index is -0.465. The topological polar surface area (TPSA) is 63.5 Å². The van der Waals surface area contributed by atoms with E-state index < -0.39 is 18.3 Å². The van der Waals surface area contributed by atoms with Crippen molar-refractivity contribution in [2.75, 3.05) is 13.2 Å². The maximum atomic E-state index is 9.46. The van der Waals surface area contributed by atoms with Crippen LogP contribution in [0.1, 0.15) is 46.1 Å². The fourth-order valence-electron chi connectivity index (χ4n) is 2.98. The van der Waals surface area contributed by atoms with Crippen LogP contribution in [-0.2, 0) is 9.31 Å². The molecule has 5 nitrogen and oxygen atoms in total. The predicted octanol–water partition coefficient (Wildman–Crippen LogP) is 1.99. The molecule has 2 saturated heterocycles. The highest BCUT2D eigenvalue weighted by atomic mass is 16.7. The van der Waals surface area contributed by atoms with Gasteiger partial charge in [-0.1, -0.05) is 6.07 Å². The molecule has 1 N–H and O–H groups in total. The first-order valence-corrected chi connectivity index (χ1v) is 8.58. The molecular weight excluding hydrogens is 303 g/mol. The van der Waals surface area contributed by atoms with Crippen molar-refractivity contribution in [2.45, 2.75) is 57.8 Å². The molecule has 2 heterocycles. The smallest absolute Gasteiger partial charge is 0.491 e. The third-order valence-corrected chi connectivity index (χ3v) is 5.25. The Labute approximate surface area is 144 Å². The Balaban J connectivity index is 1.74. The highest BCUT2D eigenvalue weighted by Crippen LogP contribution is 2.36. The summed E-state index contributed by atoms with van der Waals surface area (Å²) in [5, 5.41) is 12.8. The van der Waals surface area contributed by atoms with Crippen LogP contribution < -0.4 is 15.5 Å². The lowest BCUT2D eigenvalue weighted by Gasteiger charge is -2.32. The summed E-state index contributed by atoms with van der Waals surface area (Å²) in [6.45, 7) is 9.70. The molecule has 0 unspecified atom stereocenters. The number of nitriles is 1. The summed E-state index contributed by atoms with van der Waals surface area (Å²) in [6.07, 6.45) is 2.30. The van der Waals surface area contributed by atoms with E-state index in [4.69, 9.17) is 14.0 Å². The number of hydrogen-bond acceptors (Lipinski definition) is 5. The zero-order chi connectivity index (χ0) is 17.4. The summed E-state index contributed by atoms with van der Waals surface area (Å²) < 4.78 is 17.9. The van der Waals surface area contributed by atoms with Gasteiger partial charge in [0.2, 0.25) is 0 Å². The molecule has 128 valence electrons. The maximum absolute atomic E-state index is 9.46. The van der Waals surface area contributed by atoms with Crippen molar-refractivity contribution in [1.29, 1.82) is 5.26 Å². The molecule has 0 aliphatic carbocycles. The zero-order valence-electron chi connectivity index (χ0n) is 14.9. The maximum Gasteiger partial charge on any atom is 0.494 e. The molecule has 2 aliphatic heterocycles. The number of hydrogen-bond donors (Lipinski definition) is 1. The number of rotatable bonds is 4. The average Bonchev–Trinajstić information content (AvgIpc) is 3.11. The minimum Gasteiger partial charge on any atom is -0.491 e. The van der Waals surface area contributed by atoms with Crippen molar-refractivity contribution in [3.63, 3.8) is 0 Å². The van der Waals surface area contributed by atoms with Crippen LogP contribution in [0.2, 0.25) is 0 Å². The molecule has 0 bridgehead atoms. The minimum absolute atomic E-state index is 0.374. The fraction of sp³-hybridized carbons (Fsp3) is 0.611. The van der Waals surface area contributed by atoms with E-state index in [9.17, 15) is 5.26 Å². The number of nitrogens with zero attached hydrogens (tertiary/aromatic N) is 1. The molecule has 24 heavy (non-hydrogen) atoms. The first-order valence-electron chi connectivity index (χ1n) is 8.58. The largest absolute Gasteiger partial charge is 0.494 e. The standard InChI is InChI=1S/C18H25BN2O3/c1-17(2)18(3,4)24-19(23-17)14-7-8-16(13(10-14)11-20)22-12-15-6-5-9-21-15/h7-8,10,15,21H,5-6,9,12H2,1-4H3/t15-/m0/s1. The van der Waals surface area contributed by atoms with Crippen molar-refractivity contribution >= 4 is 12.6 Å². The van der Waals surface area contributed by atoms with Crippen LogP contribution in [0.5, 0.6) is 5.75 Å². The van der Waals surface area contributed by atoms with Crippen LogP contribution in [0.25, 0.3) is 0 Å². The van der Waals surface area contributed by atoms with Crippen molar-refractivity contribution in [1.82, 2.24) is 5.32 Å². The van der Waals surface area contributed by atoms with Gasteiger partial charge in [-0.05, 0) is 64.7 Å². The van der Waals surface area contributed by atoms with Gasteiger partial charge < -0.3 is 19.4 Å². The fourth-order valence-corrected chi connectivity index (χ4v) is 2.98. The Morgan fingerprint density at radius 2 is 2.00 bits per heavy atom. The summed E-state index contributed by atoms with van der Waals surface area (Å²) in [6, 6.07) is 8.16. The van der Waals surface area contributed by atoms with Crippen LogP contribution >= 0.6 is 0 Å². The summed E-state index contributed by atoms with van der Waals surface area (Å²) >= 11 is 0. The normalized spacial score (nSPS) is 24.8.